The molecular formula is C13H20N4O2. The van der Waals surface area contributed by atoms with Gasteiger partial charge in [0.25, 0.3) is 0 Å². The van der Waals surface area contributed by atoms with Crippen molar-refractivity contribution in [1.29, 1.82) is 0 Å². The molecule has 6 nitrogen and oxygen atoms in total. The van der Waals surface area contributed by atoms with Gasteiger partial charge in [0.2, 0.25) is 11.8 Å². The molecule has 1 N–H and O–H groups in total. The lowest BCUT2D eigenvalue weighted by Crippen LogP contribution is -2.58. The summed E-state index contributed by atoms with van der Waals surface area (Å²) >= 11 is 0. The van der Waals surface area contributed by atoms with Crippen molar-refractivity contribution in [2.75, 3.05) is 6.54 Å². The van der Waals surface area contributed by atoms with Gasteiger partial charge >= 0.3 is 0 Å². The second kappa shape index (κ2) is 5.42. The third-order valence-electron chi connectivity index (χ3n) is 3.21. The number of carbonyl (C=O) groups is 2. The van der Waals surface area contributed by atoms with Gasteiger partial charge in [-0.2, -0.15) is 5.10 Å². The summed E-state index contributed by atoms with van der Waals surface area (Å²) < 4.78 is 1.70. The molecule has 0 aromatic carbocycles. The zero-order chi connectivity index (χ0) is 14.0. The lowest BCUT2D eigenvalue weighted by molar-refractivity contribution is -0.147. The Morgan fingerprint density at radius 1 is 1.47 bits per heavy atom. The minimum absolute atomic E-state index is 0.0455. The van der Waals surface area contributed by atoms with Gasteiger partial charge in [0.05, 0.1) is 18.8 Å². The van der Waals surface area contributed by atoms with E-state index in [1.165, 1.54) is 0 Å². The van der Waals surface area contributed by atoms with Crippen LogP contribution in [0.3, 0.4) is 0 Å². The van der Waals surface area contributed by atoms with Gasteiger partial charge < -0.3 is 10.2 Å². The average molecular weight is 264 g/mol. The lowest BCUT2D eigenvalue weighted by Gasteiger charge is -2.35. The second-order valence-corrected chi connectivity index (χ2v) is 5.37. The van der Waals surface area contributed by atoms with Crippen molar-refractivity contribution < 1.29 is 9.59 Å². The van der Waals surface area contributed by atoms with E-state index in [1.54, 1.807) is 9.58 Å². The third-order valence-corrected chi connectivity index (χ3v) is 3.21. The van der Waals surface area contributed by atoms with Gasteiger partial charge in [0.1, 0.15) is 6.04 Å². The molecule has 0 radical (unpaired) electrons. The summed E-state index contributed by atoms with van der Waals surface area (Å²) in [4.78, 5) is 25.6. The number of nitrogens with zero attached hydrogens (tertiary/aromatic N) is 3. The fourth-order valence-corrected chi connectivity index (χ4v) is 2.30. The number of rotatable bonds is 4. The molecule has 1 fully saturated rings. The second-order valence-electron chi connectivity index (χ2n) is 5.37. The molecule has 104 valence electrons. The molecule has 0 bridgehead atoms. The van der Waals surface area contributed by atoms with Gasteiger partial charge in [-0.05, 0) is 18.4 Å². The fourth-order valence-electron chi connectivity index (χ4n) is 2.30. The number of piperazine rings is 1. The first kappa shape index (κ1) is 13.6. The van der Waals surface area contributed by atoms with Gasteiger partial charge in [0.15, 0.2) is 0 Å². The molecule has 0 saturated carbocycles. The SMILES string of the molecule is CC(C)CC1C(=O)NCC(=O)N1Cc1ccn(C)n1. The molecule has 1 saturated heterocycles. The van der Waals surface area contributed by atoms with Crippen molar-refractivity contribution in [1.82, 2.24) is 20.0 Å². The van der Waals surface area contributed by atoms with Gasteiger partial charge in [-0.3, -0.25) is 14.3 Å². The van der Waals surface area contributed by atoms with Crippen LogP contribution in [0.1, 0.15) is 26.0 Å². The first-order valence-corrected chi connectivity index (χ1v) is 6.53. The summed E-state index contributed by atoms with van der Waals surface area (Å²) in [5.41, 5.74) is 0.805. The Bertz CT molecular complexity index is 481. The zero-order valence-corrected chi connectivity index (χ0v) is 11.6. The van der Waals surface area contributed by atoms with Crippen LogP contribution in [0.15, 0.2) is 12.3 Å². The molecule has 1 aliphatic rings. The van der Waals surface area contributed by atoms with E-state index in [-0.39, 0.29) is 24.4 Å². The Morgan fingerprint density at radius 3 is 2.79 bits per heavy atom. The van der Waals surface area contributed by atoms with Crippen molar-refractivity contribution in [2.45, 2.75) is 32.9 Å². The van der Waals surface area contributed by atoms with E-state index in [2.05, 4.69) is 10.4 Å². The Labute approximate surface area is 112 Å². The van der Waals surface area contributed by atoms with E-state index >= 15 is 0 Å². The summed E-state index contributed by atoms with van der Waals surface area (Å²) in [6.07, 6.45) is 2.51. The summed E-state index contributed by atoms with van der Waals surface area (Å²) in [7, 11) is 1.83. The number of hydrogen-bond donors (Lipinski definition) is 1. The third kappa shape index (κ3) is 3.13. The number of aryl methyl sites for hydroxylation is 1. The van der Waals surface area contributed by atoms with Crippen molar-refractivity contribution in [3.8, 4) is 0 Å². The normalized spacial score (nSPS) is 20.0. The van der Waals surface area contributed by atoms with Gasteiger partial charge in [-0.15, -0.1) is 0 Å². The van der Waals surface area contributed by atoms with Crippen molar-refractivity contribution in [3.05, 3.63) is 18.0 Å². The lowest BCUT2D eigenvalue weighted by atomic mass is 9.99. The van der Waals surface area contributed by atoms with E-state index in [1.807, 2.05) is 33.2 Å². The summed E-state index contributed by atoms with van der Waals surface area (Å²) in [5, 5.41) is 6.92. The van der Waals surface area contributed by atoms with Crippen LogP contribution in [-0.4, -0.2) is 39.1 Å². The summed E-state index contributed by atoms with van der Waals surface area (Å²) in [6, 6.07) is 1.48. The largest absolute Gasteiger partial charge is 0.345 e. The van der Waals surface area contributed by atoms with Crippen LogP contribution in [-0.2, 0) is 23.2 Å². The van der Waals surface area contributed by atoms with Crippen molar-refractivity contribution in [3.63, 3.8) is 0 Å². The summed E-state index contributed by atoms with van der Waals surface area (Å²) in [5.74, 6) is 0.244. The maximum atomic E-state index is 12.0. The molecule has 1 atom stereocenters. The number of hydrogen-bond acceptors (Lipinski definition) is 3. The monoisotopic (exact) mass is 264 g/mol. The molecule has 1 unspecified atom stereocenters. The zero-order valence-electron chi connectivity index (χ0n) is 11.6. The Kier molecular flexibility index (Phi) is 3.87. The molecule has 0 spiro atoms. The number of amides is 2. The fraction of sp³-hybridized carbons (Fsp3) is 0.615. The van der Waals surface area contributed by atoms with Crippen LogP contribution in [0.4, 0.5) is 0 Å². The first-order valence-electron chi connectivity index (χ1n) is 6.53. The van der Waals surface area contributed by atoms with Gasteiger partial charge in [-0.25, -0.2) is 0 Å². The Balaban J connectivity index is 2.16. The number of carbonyl (C=O) groups excluding carboxylic acids is 2. The van der Waals surface area contributed by atoms with Crippen LogP contribution >= 0.6 is 0 Å². The smallest absolute Gasteiger partial charge is 0.243 e. The van der Waals surface area contributed by atoms with Crippen LogP contribution in [0.25, 0.3) is 0 Å². The molecule has 6 heteroatoms. The topological polar surface area (TPSA) is 67.2 Å². The van der Waals surface area contributed by atoms with E-state index in [9.17, 15) is 9.59 Å². The predicted octanol–water partition coefficient (Wildman–Crippen LogP) is 0.293. The predicted molar refractivity (Wildman–Crippen MR) is 70.0 cm³/mol. The highest BCUT2D eigenvalue weighted by molar-refractivity contribution is 5.94. The molecule has 1 aliphatic heterocycles. The molecule has 2 amide bonds. The first-order chi connectivity index (χ1) is 8.97. The van der Waals surface area contributed by atoms with Crippen molar-refractivity contribution >= 4 is 11.8 Å². The van der Waals surface area contributed by atoms with Gasteiger partial charge in [0, 0.05) is 13.2 Å². The number of aromatic nitrogens is 2. The standard InChI is InChI=1S/C13H20N4O2/c1-9(2)6-11-13(19)14-7-12(18)17(11)8-10-4-5-16(3)15-10/h4-5,9,11H,6-8H2,1-3H3,(H,14,19). The highest BCUT2D eigenvalue weighted by Gasteiger charge is 2.34. The highest BCUT2D eigenvalue weighted by Crippen LogP contribution is 2.17. The highest BCUT2D eigenvalue weighted by atomic mass is 16.2. The van der Waals surface area contributed by atoms with Crippen LogP contribution < -0.4 is 5.32 Å². The molecular weight excluding hydrogens is 244 g/mol. The molecule has 1 aromatic rings. The van der Waals surface area contributed by atoms with Crippen molar-refractivity contribution in [2.24, 2.45) is 13.0 Å². The molecule has 2 heterocycles. The van der Waals surface area contributed by atoms with E-state index in [4.69, 9.17) is 0 Å². The van der Waals surface area contributed by atoms with Crippen LogP contribution in [0.5, 0.6) is 0 Å². The molecule has 1 aromatic heterocycles. The molecule has 2 rings (SSSR count). The minimum Gasteiger partial charge on any atom is -0.345 e. The molecule has 19 heavy (non-hydrogen) atoms. The maximum absolute atomic E-state index is 12.0. The van der Waals surface area contributed by atoms with Gasteiger partial charge in [-0.1, -0.05) is 13.8 Å². The summed E-state index contributed by atoms with van der Waals surface area (Å²) in [6.45, 7) is 4.57. The van der Waals surface area contributed by atoms with E-state index in [0.29, 0.717) is 18.9 Å². The Hall–Kier alpha value is -1.85. The van der Waals surface area contributed by atoms with E-state index in [0.717, 1.165) is 5.69 Å². The molecule has 0 aliphatic carbocycles. The van der Waals surface area contributed by atoms with Crippen LogP contribution in [0, 0.1) is 5.92 Å². The minimum atomic E-state index is -0.386. The van der Waals surface area contributed by atoms with E-state index < -0.39 is 0 Å². The van der Waals surface area contributed by atoms with Crippen LogP contribution in [0.2, 0.25) is 0 Å². The maximum Gasteiger partial charge on any atom is 0.243 e. The average Bonchev–Trinajstić information content (AvgIpc) is 2.74. The quantitative estimate of drug-likeness (QED) is 0.850. The Morgan fingerprint density at radius 2 is 2.21 bits per heavy atom. The number of nitrogens with one attached hydrogen (secondary N) is 1.